The lowest BCUT2D eigenvalue weighted by Gasteiger charge is -2.44. The van der Waals surface area contributed by atoms with Gasteiger partial charge in [-0.2, -0.15) is 0 Å². The van der Waals surface area contributed by atoms with Gasteiger partial charge < -0.3 is 20.3 Å². The van der Waals surface area contributed by atoms with E-state index in [0.29, 0.717) is 36.4 Å². The number of nitrogens with zero attached hydrogens (tertiary/aromatic N) is 2. The fourth-order valence-electron chi connectivity index (χ4n) is 5.13. The molecule has 0 aliphatic carbocycles. The van der Waals surface area contributed by atoms with Gasteiger partial charge in [0.1, 0.15) is 11.8 Å². The van der Waals surface area contributed by atoms with Gasteiger partial charge in [-0.3, -0.25) is 9.59 Å². The van der Waals surface area contributed by atoms with Crippen LogP contribution in [0.25, 0.3) is 0 Å². The molecule has 0 spiro atoms. The summed E-state index contributed by atoms with van der Waals surface area (Å²) < 4.78 is 5.12. The molecule has 0 aromatic heterocycles. The Labute approximate surface area is 183 Å². The molecule has 3 fully saturated rings. The Morgan fingerprint density at radius 1 is 1.13 bits per heavy atom. The number of fused-ring (bicyclic) bond motifs is 1. The summed E-state index contributed by atoms with van der Waals surface area (Å²) in [6.45, 7) is 3.07. The van der Waals surface area contributed by atoms with Crippen LogP contribution in [0.15, 0.2) is 24.3 Å². The van der Waals surface area contributed by atoms with E-state index in [1.54, 1.807) is 31.4 Å². The second-order valence-electron chi connectivity index (χ2n) is 8.72. The molecule has 3 atom stereocenters. The molecule has 2 N–H and O–H groups in total. The van der Waals surface area contributed by atoms with Crippen LogP contribution in [0.4, 0.5) is 10.5 Å². The quantitative estimate of drug-likeness (QED) is 0.651. The molecular formula is C23H32N4O4. The van der Waals surface area contributed by atoms with Crippen molar-refractivity contribution < 1.29 is 19.1 Å². The lowest BCUT2D eigenvalue weighted by Crippen LogP contribution is -2.51. The van der Waals surface area contributed by atoms with E-state index in [-0.39, 0.29) is 18.2 Å². The number of hydrogen-bond acceptors (Lipinski definition) is 5. The summed E-state index contributed by atoms with van der Waals surface area (Å²) in [7, 11) is 1.56. The van der Waals surface area contributed by atoms with Crippen LogP contribution in [-0.2, 0) is 9.59 Å². The number of nitrogens with one attached hydrogen (secondary N) is 2. The molecule has 31 heavy (non-hydrogen) atoms. The summed E-state index contributed by atoms with van der Waals surface area (Å²) in [4.78, 5) is 41.2. The summed E-state index contributed by atoms with van der Waals surface area (Å²) in [5.41, 5.74) is 0.490. The number of anilines is 1. The fraction of sp³-hybridized carbons (Fsp3) is 0.609. The molecule has 0 bridgehead atoms. The van der Waals surface area contributed by atoms with Crippen LogP contribution in [0, 0.1) is 5.92 Å². The Morgan fingerprint density at radius 3 is 2.68 bits per heavy atom. The summed E-state index contributed by atoms with van der Waals surface area (Å²) in [5, 5.41) is 5.77. The Bertz CT molecular complexity index is 810. The number of ether oxygens (including phenoxy) is 1. The number of rotatable bonds is 7. The highest BCUT2D eigenvalue weighted by atomic mass is 16.5. The van der Waals surface area contributed by atoms with Gasteiger partial charge in [-0.1, -0.05) is 6.42 Å². The smallest absolute Gasteiger partial charge is 0.329 e. The second-order valence-corrected chi connectivity index (χ2v) is 8.72. The predicted octanol–water partition coefficient (Wildman–Crippen LogP) is 2.28. The number of amides is 4. The first kappa shape index (κ1) is 21.6. The predicted molar refractivity (Wildman–Crippen MR) is 117 cm³/mol. The lowest BCUT2D eigenvalue weighted by atomic mass is 9.83. The maximum absolute atomic E-state index is 12.7. The molecule has 168 valence electrons. The Balaban J connectivity index is 1.25. The number of hydrogen-bond donors (Lipinski definition) is 2. The van der Waals surface area contributed by atoms with E-state index in [1.807, 2.05) is 0 Å². The zero-order chi connectivity index (χ0) is 21.8. The van der Waals surface area contributed by atoms with E-state index < -0.39 is 12.1 Å². The third-order valence-corrected chi connectivity index (χ3v) is 6.80. The van der Waals surface area contributed by atoms with Gasteiger partial charge >= 0.3 is 6.03 Å². The minimum absolute atomic E-state index is 0.0575. The number of carbonyl (C=O) groups is 3. The SMILES string of the molecule is COc1ccc(N2C(=O)NC(CCC(=O)NCC3CCCN4CCCCC34)C2=O)cc1. The lowest BCUT2D eigenvalue weighted by molar-refractivity contribution is -0.122. The van der Waals surface area contributed by atoms with Crippen LogP contribution < -0.4 is 20.3 Å². The van der Waals surface area contributed by atoms with Crippen molar-refractivity contribution in [2.24, 2.45) is 5.92 Å². The highest BCUT2D eigenvalue weighted by Crippen LogP contribution is 2.30. The van der Waals surface area contributed by atoms with Crippen LogP contribution in [0.5, 0.6) is 5.75 Å². The minimum Gasteiger partial charge on any atom is -0.497 e. The van der Waals surface area contributed by atoms with Crippen molar-refractivity contribution >= 4 is 23.5 Å². The molecule has 4 amide bonds. The monoisotopic (exact) mass is 428 g/mol. The summed E-state index contributed by atoms with van der Waals surface area (Å²) in [5.74, 6) is 0.778. The summed E-state index contributed by atoms with van der Waals surface area (Å²) >= 11 is 0. The van der Waals surface area contributed by atoms with Crippen molar-refractivity contribution in [3.8, 4) is 5.75 Å². The molecule has 8 heteroatoms. The molecular weight excluding hydrogens is 396 g/mol. The zero-order valence-electron chi connectivity index (χ0n) is 18.1. The fourth-order valence-corrected chi connectivity index (χ4v) is 5.13. The van der Waals surface area contributed by atoms with Gasteiger partial charge in [0.25, 0.3) is 5.91 Å². The van der Waals surface area contributed by atoms with Crippen LogP contribution in [-0.4, -0.2) is 61.6 Å². The number of urea groups is 1. The van der Waals surface area contributed by atoms with Gasteiger partial charge in [0, 0.05) is 19.0 Å². The molecule has 0 radical (unpaired) electrons. The number of methoxy groups -OCH3 is 1. The summed E-state index contributed by atoms with van der Waals surface area (Å²) in [6, 6.07) is 6.21. The standard InChI is InChI=1S/C23H32N4O4/c1-31-18-9-7-17(8-10-18)27-22(29)19(25-23(27)30)11-12-21(28)24-15-16-5-4-14-26-13-3-2-6-20(16)26/h7-10,16,19-20H,2-6,11-15H2,1H3,(H,24,28)(H,25,30). The van der Waals surface area contributed by atoms with E-state index in [2.05, 4.69) is 15.5 Å². The van der Waals surface area contributed by atoms with Crippen molar-refractivity contribution in [3.63, 3.8) is 0 Å². The molecule has 3 saturated heterocycles. The van der Waals surface area contributed by atoms with Crippen LogP contribution in [0.2, 0.25) is 0 Å². The first-order chi connectivity index (χ1) is 15.1. The van der Waals surface area contributed by atoms with Gasteiger partial charge in [0.05, 0.1) is 12.8 Å². The van der Waals surface area contributed by atoms with Crippen molar-refractivity contribution in [1.29, 1.82) is 0 Å². The van der Waals surface area contributed by atoms with Crippen molar-refractivity contribution in [3.05, 3.63) is 24.3 Å². The highest BCUT2D eigenvalue weighted by molar-refractivity contribution is 6.21. The number of benzene rings is 1. The molecule has 3 unspecified atom stereocenters. The van der Waals surface area contributed by atoms with E-state index in [4.69, 9.17) is 4.74 Å². The Kier molecular flexibility index (Phi) is 6.75. The maximum atomic E-state index is 12.7. The van der Waals surface area contributed by atoms with Crippen molar-refractivity contribution in [2.75, 3.05) is 31.6 Å². The van der Waals surface area contributed by atoms with Gasteiger partial charge in [0.15, 0.2) is 0 Å². The van der Waals surface area contributed by atoms with Gasteiger partial charge in [-0.05, 0) is 75.4 Å². The van der Waals surface area contributed by atoms with E-state index in [0.717, 1.165) is 11.3 Å². The molecule has 1 aromatic carbocycles. The van der Waals surface area contributed by atoms with E-state index in [9.17, 15) is 14.4 Å². The average Bonchev–Trinajstić information content (AvgIpc) is 3.09. The zero-order valence-corrected chi connectivity index (χ0v) is 18.1. The van der Waals surface area contributed by atoms with Crippen LogP contribution in [0.1, 0.15) is 44.9 Å². The Hall–Kier alpha value is -2.61. The Morgan fingerprint density at radius 2 is 1.90 bits per heavy atom. The van der Waals surface area contributed by atoms with Gasteiger partial charge in [-0.15, -0.1) is 0 Å². The molecule has 1 aromatic rings. The van der Waals surface area contributed by atoms with E-state index >= 15 is 0 Å². The topological polar surface area (TPSA) is 91.0 Å². The molecule has 8 nitrogen and oxygen atoms in total. The molecule has 4 rings (SSSR count). The largest absolute Gasteiger partial charge is 0.497 e. The van der Waals surface area contributed by atoms with E-state index in [1.165, 1.54) is 38.8 Å². The molecule has 0 saturated carbocycles. The number of piperidine rings is 2. The first-order valence-corrected chi connectivity index (χ1v) is 11.4. The van der Waals surface area contributed by atoms with Crippen LogP contribution in [0.3, 0.4) is 0 Å². The normalized spacial score (nSPS) is 26.4. The third-order valence-electron chi connectivity index (χ3n) is 6.80. The van der Waals surface area contributed by atoms with Gasteiger partial charge in [-0.25, -0.2) is 9.69 Å². The van der Waals surface area contributed by atoms with Gasteiger partial charge in [0.2, 0.25) is 5.91 Å². The van der Waals surface area contributed by atoms with Crippen molar-refractivity contribution in [2.45, 2.75) is 57.0 Å². The second kappa shape index (κ2) is 9.68. The molecule has 3 aliphatic rings. The molecule has 3 heterocycles. The van der Waals surface area contributed by atoms with Crippen molar-refractivity contribution in [1.82, 2.24) is 15.5 Å². The highest BCUT2D eigenvalue weighted by Gasteiger charge is 2.39. The number of carbonyl (C=O) groups excluding carboxylic acids is 3. The molecule has 3 aliphatic heterocycles. The first-order valence-electron chi connectivity index (χ1n) is 11.4. The maximum Gasteiger partial charge on any atom is 0.329 e. The third kappa shape index (κ3) is 4.84. The number of imide groups is 1. The van der Waals surface area contributed by atoms with Crippen LogP contribution >= 0.6 is 0 Å². The minimum atomic E-state index is -0.677. The average molecular weight is 429 g/mol. The summed E-state index contributed by atoms with van der Waals surface area (Å²) in [6.07, 6.45) is 6.65.